The van der Waals surface area contributed by atoms with Crippen molar-refractivity contribution in [2.45, 2.75) is 25.8 Å². The van der Waals surface area contributed by atoms with Crippen LogP contribution in [0.15, 0.2) is 30.3 Å². The molecule has 0 spiro atoms. The van der Waals surface area contributed by atoms with E-state index in [4.69, 9.17) is 0 Å². The molecular weight excluding hydrogens is 295 g/mol. The molecule has 2 heterocycles. The Hall–Kier alpha value is -2.21. The van der Waals surface area contributed by atoms with Crippen LogP contribution in [-0.2, 0) is 11.8 Å². The SMILES string of the molecule is Cc1cc(NC(=O)CN2CCC[C@@H]2c2ccc(F)cc2)n(C)n1. The molecule has 1 aliphatic heterocycles. The van der Waals surface area contributed by atoms with E-state index in [-0.39, 0.29) is 17.8 Å². The Morgan fingerprint density at radius 3 is 2.78 bits per heavy atom. The Kier molecular flexibility index (Phi) is 4.43. The van der Waals surface area contributed by atoms with Gasteiger partial charge in [-0.25, -0.2) is 4.39 Å². The Morgan fingerprint density at radius 1 is 1.39 bits per heavy atom. The number of benzene rings is 1. The first-order valence-electron chi connectivity index (χ1n) is 7.83. The minimum atomic E-state index is -0.234. The predicted molar refractivity (Wildman–Crippen MR) is 86.5 cm³/mol. The minimum absolute atomic E-state index is 0.0537. The number of hydrogen-bond donors (Lipinski definition) is 1. The molecule has 0 radical (unpaired) electrons. The molecule has 1 aromatic heterocycles. The first kappa shape index (κ1) is 15.7. The zero-order valence-electron chi connectivity index (χ0n) is 13.4. The molecule has 1 saturated heterocycles. The van der Waals surface area contributed by atoms with Crippen LogP contribution < -0.4 is 5.32 Å². The number of hydrogen-bond acceptors (Lipinski definition) is 3. The first-order chi connectivity index (χ1) is 11.0. The molecule has 1 N–H and O–H groups in total. The third-order valence-electron chi connectivity index (χ3n) is 4.23. The number of aryl methyl sites for hydroxylation is 2. The van der Waals surface area contributed by atoms with Crippen molar-refractivity contribution >= 4 is 11.7 Å². The van der Waals surface area contributed by atoms with Crippen molar-refractivity contribution in [2.24, 2.45) is 7.05 Å². The molecule has 5 nitrogen and oxygen atoms in total. The predicted octanol–water partition coefficient (Wildman–Crippen LogP) is 2.64. The lowest BCUT2D eigenvalue weighted by Crippen LogP contribution is -2.33. The van der Waals surface area contributed by atoms with E-state index in [1.165, 1.54) is 12.1 Å². The van der Waals surface area contributed by atoms with E-state index in [1.807, 2.05) is 13.0 Å². The molecule has 0 saturated carbocycles. The molecule has 2 aromatic rings. The summed E-state index contributed by atoms with van der Waals surface area (Å²) in [4.78, 5) is 14.5. The van der Waals surface area contributed by atoms with Crippen molar-refractivity contribution < 1.29 is 9.18 Å². The van der Waals surface area contributed by atoms with Crippen molar-refractivity contribution in [2.75, 3.05) is 18.4 Å². The van der Waals surface area contributed by atoms with Gasteiger partial charge in [0.25, 0.3) is 0 Å². The van der Waals surface area contributed by atoms with Gasteiger partial charge in [-0.05, 0) is 44.0 Å². The second-order valence-electron chi connectivity index (χ2n) is 6.02. The van der Waals surface area contributed by atoms with E-state index in [2.05, 4.69) is 15.3 Å². The van der Waals surface area contributed by atoms with Crippen LogP contribution in [0.25, 0.3) is 0 Å². The number of nitrogens with one attached hydrogen (secondary N) is 1. The Bertz CT molecular complexity index is 695. The second kappa shape index (κ2) is 6.50. The Balaban J connectivity index is 1.65. The van der Waals surface area contributed by atoms with E-state index >= 15 is 0 Å². The summed E-state index contributed by atoms with van der Waals surface area (Å²) in [5, 5.41) is 7.12. The van der Waals surface area contributed by atoms with Crippen molar-refractivity contribution in [3.63, 3.8) is 0 Å². The smallest absolute Gasteiger partial charge is 0.239 e. The molecule has 0 bridgehead atoms. The number of rotatable bonds is 4. The molecule has 1 atom stereocenters. The molecular formula is C17H21FN4O. The third-order valence-corrected chi connectivity index (χ3v) is 4.23. The largest absolute Gasteiger partial charge is 0.310 e. The summed E-state index contributed by atoms with van der Waals surface area (Å²) >= 11 is 0. The summed E-state index contributed by atoms with van der Waals surface area (Å²) < 4.78 is 14.7. The fraction of sp³-hybridized carbons (Fsp3) is 0.412. The maximum absolute atomic E-state index is 13.1. The lowest BCUT2D eigenvalue weighted by molar-refractivity contribution is -0.117. The molecule has 1 aliphatic rings. The number of aromatic nitrogens is 2. The maximum atomic E-state index is 13.1. The van der Waals surface area contributed by atoms with Crippen LogP contribution in [0.3, 0.4) is 0 Å². The number of carbonyl (C=O) groups excluding carboxylic acids is 1. The van der Waals surface area contributed by atoms with Crippen LogP contribution >= 0.6 is 0 Å². The molecule has 23 heavy (non-hydrogen) atoms. The molecule has 0 unspecified atom stereocenters. The fourth-order valence-electron chi connectivity index (χ4n) is 3.17. The third kappa shape index (κ3) is 3.59. The molecule has 1 fully saturated rings. The Labute approximate surface area is 135 Å². The van der Waals surface area contributed by atoms with E-state index < -0.39 is 0 Å². The van der Waals surface area contributed by atoms with E-state index in [9.17, 15) is 9.18 Å². The van der Waals surface area contributed by atoms with Crippen molar-refractivity contribution in [3.8, 4) is 0 Å². The molecule has 1 aromatic carbocycles. The molecule has 6 heteroatoms. The van der Waals surface area contributed by atoms with Crippen LogP contribution in [0.4, 0.5) is 10.2 Å². The highest BCUT2D eigenvalue weighted by molar-refractivity contribution is 5.91. The summed E-state index contributed by atoms with van der Waals surface area (Å²) in [6.07, 6.45) is 2.03. The maximum Gasteiger partial charge on any atom is 0.239 e. The minimum Gasteiger partial charge on any atom is -0.310 e. The zero-order chi connectivity index (χ0) is 16.4. The highest BCUT2D eigenvalue weighted by atomic mass is 19.1. The fourth-order valence-corrected chi connectivity index (χ4v) is 3.17. The molecule has 1 amide bonds. The van der Waals surface area contributed by atoms with Crippen molar-refractivity contribution in [3.05, 3.63) is 47.4 Å². The van der Waals surface area contributed by atoms with E-state index in [0.29, 0.717) is 12.4 Å². The van der Waals surface area contributed by atoms with Gasteiger partial charge < -0.3 is 5.32 Å². The summed E-state index contributed by atoms with van der Waals surface area (Å²) in [6, 6.07) is 8.59. The monoisotopic (exact) mass is 316 g/mol. The van der Waals surface area contributed by atoms with Gasteiger partial charge in [-0.2, -0.15) is 5.10 Å². The van der Waals surface area contributed by atoms with Gasteiger partial charge in [-0.15, -0.1) is 0 Å². The number of amides is 1. The van der Waals surface area contributed by atoms with Gasteiger partial charge in [0.1, 0.15) is 11.6 Å². The van der Waals surface area contributed by atoms with E-state index in [1.54, 1.807) is 23.9 Å². The Morgan fingerprint density at radius 2 is 2.13 bits per heavy atom. The highest BCUT2D eigenvalue weighted by Crippen LogP contribution is 2.31. The zero-order valence-corrected chi connectivity index (χ0v) is 13.4. The van der Waals surface area contributed by atoms with Crippen molar-refractivity contribution in [1.82, 2.24) is 14.7 Å². The summed E-state index contributed by atoms with van der Waals surface area (Å²) in [5.74, 6) is 0.412. The van der Waals surface area contributed by atoms with Crippen molar-refractivity contribution in [1.29, 1.82) is 0 Å². The topological polar surface area (TPSA) is 50.2 Å². The number of carbonyl (C=O) groups is 1. The van der Waals surface area contributed by atoms with Crippen LogP contribution in [0.2, 0.25) is 0 Å². The lowest BCUT2D eigenvalue weighted by atomic mass is 10.0. The van der Waals surface area contributed by atoms with Gasteiger partial charge in [0.15, 0.2) is 0 Å². The molecule has 3 rings (SSSR count). The van der Waals surface area contributed by atoms with Gasteiger partial charge in [0, 0.05) is 19.2 Å². The number of likely N-dealkylation sites (tertiary alicyclic amines) is 1. The van der Waals surface area contributed by atoms with Gasteiger partial charge >= 0.3 is 0 Å². The number of nitrogens with zero attached hydrogens (tertiary/aromatic N) is 3. The van der Waals surface area contributed by atoms with E-state index in [0.717, 1.165) is 30.6 Å². The standard InChI is InChI=1S/C17H21FN4O/c1-12-10-16(21(2)20-12)19-17(23)11-22-9-3-4-15(22)13-5-7-14(18)8-6-13/h5-8,10,15H,3-4,9,11H2,1-2H3,(H,19,23)/t15-/m1/s1. The summed E-state index contributed by atoms with van der Waals surface area (Å²) in [5.41, 5.74) is 1.93. The lowest BCUT2D eigenvalue weighted by Gasteiger charge is -2.24. The number of anilines is 1. The molecule has 0 aliphatic carbocycles. The number of halogens is 1. The van der Waals surface area contributed by atoms with Gasteiger partial charge in [-0.1, -0.05) is 12.1 Å². The first-order valence-corrected chi connectivity index (χ1v) is 7.83. The van der Waals surface area contributed by atoms with Crippen LogP contribution in [0.1, 0.15) is 30.1 Å². The average Bonchev–Trinajstić information content (AvgIpc) is 3.07. The highest BCUT2D eigenvalue weighted by Gasteiger charge is 2.27. The van der Waals surface area contributed by atoms with Crippen LogP contribution in [0, 0.1) is 12.7 Å². The second-order valence-corrected chi connectivity index (χ2v) is 6.02. The molecule has 122 valence electrons. The van der Waals surface area contributed by atoms with Gasteiger partial charge in [-0.3, -0.25) is 14.4 Å². The quantitative estimate of drug-likeness (QED) is 0.943. The summed E-state index contributed by atoms with van der Waals surface area (Å²) in [7, 11) is 1.81. The normalized spacial score (nSPS) is 18.3. The summed E-state index contributed by atoms with van der Waals surface area (Å²) in [6.45, 7) is 3.09. The average molecular weight is 316 g/mol. The van der Waals surface area contributed by atoms with Crippen LogP contribution in [0.5, 0.6) is 0 Å². The van der Waals surface area contributed by atoms with Gasteiger partial charge in [0.2, 0.25) is 5.91 Å². The van der Waals surface area contributed by atoms with Crippen LogP contribution in [-0.4, -0.2) is 33.7 Å². The van der Waals surface area contributed by atoms with Gasteiger partial charge in [0.05, 0.1) is 12.2 Å².